The monoisotopic (exact) mass is 374 g/mol. The highest BCUT2D eigenvalue weighted by molar-refractivity contribution is 7.73. The van der Waals surface area contributed by atoms with Crippen LogP contribution in [0.4, 0.5) is 0 Å². The van der Waals surface area contributed by atoms with E-state index >= 15 is 0 Å². The third-order valence-corrected chi connectivity index (χ3v) is 5.06. The average Bonchev–Trinajstić information content (AvgIpc) is 2.82. The van der Waals surface area contributed by atoms with Gasteiger partial charge < -0.3 is 10.2 Å². The van der Waals surface area contributed by atoms with E-state index in [0.29, 0.717) is 32.7 Å². The molecule has 0 fully saturated rings. The third kappa shape index (κ3) is 3.75. The summed E-state index contributed by atoms with van der Waals surface area (Å²) in [6, 6.07) is 7.30. The zero-order chi connectivity index (χ0) is 18.0. The number of rotatable bonds is 5. The van der Waals surface area contributed by atoms with Crippen molar-refractivity contribution in [1.82, 2.24) is 4.57 Å². The molecule has 1 aromatic heterocycles. The van der Waals surface area contributed by atoms with Gasteiger partial charge in [0.15, 0.2) is 3.95 Å². The number of carboxylic acid groups (broad SMARTS) is 1. The molecule has 2 N–H and O–H groups in total. The Labute approximate surface area is 151 Å². The molecule has 2 heterocycles. The molecule has 128 valence electrons. The summed E-state index contributed by atoms with van der Waals surface area (Å²) >= 11 is 6.39. The van der Waals surface area contributed by atoms with Gasteiger partial charge in [0, 0.05) is 23.8 Å². The molecule has 0 unspecified atom stereocenters. The van der Waals surface area contributed by atoms with Crippen LogP contribution in [0.2, 0.25) is 0 Å². The van der Waals surface area contributed by atoms with Gasteiger partial charge in [-0.2, -0.15) is 0 Å². The lowest BCUT2D eigenvalue weighted by molar-refractivity contribution is -0.137. The quantitative estimate of drug-likeness (QED) is 0.616. The number of amides is 1. The van der Waals surface area contributed by atoms with Crippen molar-refractivity contribution in [3.63, 3.8) is 0 Å². The maximum Gasteiger partial charge on any atom is 0.303 e. The predicted molar refractivity (Wildman–Crippen MR) is 96.3 cm³/mol. The van der Waals surface area contributed by atoms with Gasteiger partial charge in [0.2, 0.25) is 5.88 Å². The second kappa shape index (κ2) is 7.12. The number of hydrogen-bond donors (Lipinski definition) is 2. The van der Waals surface area contributed by atoms with E-state index in [1.807, 2.05) is 18.2 Å². The van der Waals surface area contributed by atoms with Gasteiger partial charge in [-0.3, -0.25) is 14.2 Å². The molecule has 1 amide bonds. The first-order valence-electron chi connectivity index (χ1n) is 7.51. The van der Waals surface area contributed by atoms with Gasteiger partial charge in [-0.25, -0.2) is 4.99 Å². The molecule has 0 saturated heterocycles. The normalized spacial score (nSPS) is 14.7. The number of thiazole rings is 1. The van der Waals surface area contributed by atoms with Crippen LogP contribution in [0.1, 0.15) is 17.7 Å². The summed E-state index contributed by atoms with van der Waals surface area (Å²) in [6.07, 6.45) is 3.64. The Bertz CT molecular complexity index is 1060. The van der Waals surface area contributed by atoms with Crippen LogP contribution in [0.5, 0.6) is 5.88 Å². The number of fused-ring (bicyclic) bond motifs is 1. The van der Waals surface area contributed by atoms with Gasteiger partial charge >= 0.3 is 5.97 Å². The van der Waals surface area contributed by atoms with Crippen LogP contribution in [0.25, 0.3) is 12.2 Å². The second-order valence-corrected chi connectivity index (χ2v) is 7.10. The molecule has 0 atom stereocenters. The van der Waals surface area contributed by atoms with Crippen molar-refractivity contribution in [2.24, 2.45) is 4.99 Å². The zero-order valence-electron chi connectivity index (χ0n) is 13.0. The first-order chi connectivity index (χ1) is 12.0. The van der Waals surface area contributed by atoms with E-state index < -0.39 is 5.97 Å². The van der Waals surface area contributed by atoms with E-state index in [1.165, 1.54) is 15.9 Å². The molecule has 6 nitrogen and oxygen atoms in total. The topological polar surface area (TPSA) is 91.9 Å². The smallest absolute Gasteiger partial charge is 0.303 e. The lowest BCUT2D eigenvalue weighted by atomic mass is 10.1. The fourth-order valence-corrected chi connectivity index (χ4v) is 3.76. The first kappa shape index (κ1) is 17.2. The summed E-state index contributed by atoms with van der Waals surface area (Å²) in [6.45, 7) is 0.307. The van der Waals surface area contributed by atoms with Crippen molar-refractivity contribution in [2.45, 2.75) is 19.4 Å². The minimum absolute atomic E-state index is 0.00455. The van der Waals surface area contributed by atoms with Crippen LogP contribution in [0, 0.1) is 3.95 Å². The van der Waals surface area contributed by atoms with Crippen molar-refractivity contribution >= 4 is 47.6 Å². The van der Waals surface area contributed by atoms with Crippen molar-refractivity contribution in [2.75, 3.05) is 0 Å². The number of hydrogen-bond acceptors (Lipinski definition) is 5. The Morgan fingerprint density at radius 1 is 1.36 bits per heavy atom. The molecule has 0 bridgehead atoms. The molecule has 0 radical (unpaired) electrons. The first-order valence-corrected chi connectivity index (χ1v) is 8.74. The van der Waals surface area contributed by atoms with Crippen LogP contribution in [0.15, 0.2) is 34.8 Å². The Hall–Kier alpha value is -2.58. The minimum Gasteiger partial charge on any atom is -0.493 e. The van der Waals surface area contributed by atoms with Crippen molar-refractivity contribution < 1.29 is 19.8 Å². The average molecular weight is 374 g/mol. The van der Waals surface area contributed by atoms with Gasteiger partial charge in [0.1, 0.15) is 0 Å². The highest BCUT2D eigenvalue weighted by Crippen LogP contribution is 2.29. The maximum absolute atomic E-state index is 12.2. The lowest BCUT2D eigenvalue weighted by Gasteiger charge is -2.04. The number of aliphatic carboxylic acids is 1. The molecule has 8 heteroatoms. The summed E-state index contributed by atoms with van der Waals surface area (Å²) in [5.41, 5.74) is 0.364. The molecule has 1 aromatic carbocycles. The second-order valence-electron chi connectivity index (χ2n) is 5.42. The van der Waals surface area contributed by atoms with Crippen LogP contribution in [0.3, 0.4) is 0 Å². The largest absolute Gasteiger partial charge is 0.493 e. The van der Waals surface area contributed by atoms with Crippen LogP contribution in [-0.2, 0) is 16.1 Å². The van der Waals surface area contributed by atoms with Gasteiger partial charge in [0.05, 0.1) is 10.2 Å². The van der Waals surface area contributed by atoms with Crippen molar-refractivity contribution in [3.8, 4) is 5.88 Å². The fraction of sp³-hybridized carbons (Fsp3) is 0.176. The van der Waals surface area contributed by atoms with E-state index in [-0.39, 0.29) is 18.2 Å². The van der Waals surface area contributed by atoms with Gasteiger partial charge in [-0.15, -0.1) is 11.3 Å². The van der Waals surface area contributed by atoms with Crippen molar-refractivity contribution in [3.05, 3.63) is 49.2 Å². The van der Waals surface area contributed by atoms with Crippen molar-refractivity contribution in [1.29, 1.82) is 0 Å². The van der Waals surface area contributed by atoms with Crippen LogP contribution in [-0.4, -0.2) is 26.7 Å². The van der Waals surface area contributed by atoms with Crippen LogP contribution < -0.4 is 10.6 Å². The summed E-state index contributed by atoms with van der Waals surface area (Å²) in [7, 11) is 0. The standard InChI is InChI=1S/C17H14N2O4S2/c20-14(21)6-3-7-19-16(23)13(25-17(19)24)9-11-8-10-4-1-2-5-12(10)18-15(11)22/h1-2,4-5,8-9,23H,3,6-7H2,(H,20,21). The molecule has 1 aliphatic rings. The SMILES string of the molecule is O=C(O)CCCn1c(O)c(C=C2C=c3ccccc3=NC2=O)sc1=S. The van der Waals surface area contributed by atoms with E-state index in [2.05, 4.69) is 4.99 Å². The Balaban J connectivity index is 1.94. The highest BCUT2D eigenvalue weighted by atomic mass is 32.1. The molecule has 0 aliphatic carbocycles. The molecule has 25 heavy (non-hydrogen) atoms. The van der Waals surface area contributed by atoms with Gasteiger partial charge in [-0.05, 0) is 36.9 Å². The number of carboxylic acids is 1. The molecule has 3 rings (SSSR count). The summed E-state index contributed by atoms with van der Waals surface area (Å²) in [4.78, 5) is 27.3. The third-order valence-electron chi connectivity index (χ3n) is 3.67. The van der Waals surface area contributed by atoms with Gasteiger partial charge in [0.25, 0.3) is 5.91 Å². The number of para-hydroxylation sites is 1. The molecule has 1 aliphatic heterocycles. The van der Waals surface area contributed by atoms with E-state index in [4.69, 9.17) is 17.3 Å². The summed E-state index contributed by atoms with van der Waals surface area (Å²) in [5.74, 6) is -1.34. The van der Waals surface area contributed by atoms with E-state index in [9.17, 15) is 14.7 Å². The number of aromatic nitrogens is 1. The van der Waals surface area contributed by atoms with Gasteiger partial charge in [-0.1, -0.05) is 18.2 Å². The molecule has 2 aromatic rings. The number of aromatic hydroxyl groups is 1. The Morgan fingerprint density at radius 3 is 2.88 bits per heavy atom. The molecular weight excluding hydrogens is 360 g/mol. The lowest BCUT2D eigenvalue weighted by Crippen LogP contribution is -2.29. The predicted octanol–water partition coefficient (Wildman–Crippen LogP) is 1.87. The molecular formula is C17H14N2O4S2. The van der Waals surface area contributed by atoms with E-state index in [0.717, 1.165) is 5.22 Å². The van der Waals surface area contributed by atoms with Crippen LogP contribution >= 0.6 is 23.6 Å². The number of nitrogens with zero attached hydrogens (tertiary/aromatic N) is 2. The Morgan fingerprint density at radius 2 is 2.12 bits per heavy atom. The summed E-state index contributed by atoms with van der Waals surface area (Å²) < 4.78 is 1.91. The van der Waals surface area contributed by atoms with E-state index in [1.54, 1.807) is 18.2 Å². The Kier molecular flexibility index (Phi) is 4.91. The zero-order valence-corrected chi connectivity index (χ0v) is 14.6. The highest BCUT2D eigenvalue weighted by Gasteiger charge is 2.15. The number of carbonyl (C=O) groups is 2. The summed E-state index contributed by atoms with van der Waals surface area (Å²) in [5, 5.41) is 20.5. The molecule has 0 spiro atoms. The molecule has 0 saturated carbocycles. The minimum atomic E-state index is -0.897. The maximum atomic E-state index is 12.2. The number of benzene rings is 1. The number of carbonyl (C=O) groups excluding carboxylic acids is 1. The fourth-order valence-electron chi connectivity index (χ4n) is 2.45.